The summed E-state index contributed by atoms with van der Waals surface area (Å²) in [5.41, 5.74) is 1.25. The van der Waals surface area contributed by atoms with Gasteiger partial charge in [-0.3, -0.25) is 9.69 Å². The lowest BCUT2D eigenvalue weighted by molar-refractivity contribution is -0.143. The molecule has 0 saturated carbocycles. The highest BCUT2D eigenvalue weighted by atomic mass is 32.1. The molecule has 2 rings (SSSR count). The standard InChI is InChI=1S/C13H19NO3S/c1-2-4-14(6-10-3-5-18-9-10)12-8-17-7-11(12)13(15)16/h3,5,9,11-12H,2,4,6-8H2,1H3,(H,15,16). The minimum Gasteiger partial charge on any atom is -0.481 e. The molecule has 2 heterocycles. The Morgan fingerprint density at radius 1 is 1.61 bits per heavy atom. The van der Waals surface area contributed by atoms with Gasteiger partial charge >= 0.3 is 5.97 Å². The van der Waals surface area contributed by atoms with Crippen molar-refractivity contribution in [2.75, 3.05) is 19.8 Å². The minimum atomic E-state index is -0.746. The third-order valence-electron chi connectivity index (χ3n) is 3.31. The molecule has 1 aliphatic rings. The van der Waals surface area contributed by atoms with E-state index in [1.165, 1.54) is 5.56 Å². The van der Waals surface area contributed by atoms with E-state index in [9.17, 15) is 9.90 Å². The predicted octanol–water partition coefficient (Wildman–Crippen LogP) is 2.06. The van der Waals surface area contributed by atoms with Crippen molar-refractivity contribution in [3.05, 3.63) is 22.4 Å². The third kappa shape index (κ3) is 3.10. The van der Waals surface area contributed by atoms with Gasteiger partial charge in [0.25, 0.3) is 0 Å². The van der Waals surface area contributed by atoms with Crippen molar-refractivity contribution >= 4 is 17.3 Å². The first-order valence-corrected chi connectivity index (χ1v) is 7.22. The second-order valence-electron chi connectivity index (χ2n) is 4.65. The molecule has 1 aliphatic heterocycles. The van der Waals surface area contributed by atoms with E-state index in [0.29, 0.717) is 13.2 Å². The van der Waals surface area contributed by atoms with Gasteiger partial charge in [-0.2, -0.15) is 11.3 Å². The lowest BCUT2D eigenvalue weighted by Crippen LogP contribution is -2.43. The van der Waals surface area contributed by atoms with Crippen LogP contribution >= 0.6 is 11.3 Å². The van der Waals surface area contributed by atoms with Crippen molar-refractivity contribution in [1.29, 1.82) is 0 Å². The summed E-state index contributed by atoms with van der Waals surface area (Å²) in [5, 5.41) is 13.4. The van der Waals surface area contributed by atoms with Crippen molar-refractivity contribution in [3.8, 4) is 0 Å². The second-order valence-corrected chi connectivity index (χ2v) is 5.43. The molecule has 2 unspecified atom stereocenters. The number of rotatable bonds is 6. The maximum Gasteiger partial charge on any atom is 0.310 e. The Hall–Kier alpha value is -0.910. The Kier molecular flexibility index (Phi) is 4.74. The number of nitrogens with zero attached hydrogens (tertiary/aromatic N) is 1. The zero-order valence-corrected chi connectivity index (χ0v) is 11.4. The Bertz CT molecular complexity index is 380. The first-order chi connectivity index (χ1) is 8.72. The molecule has 1 fully saturated rings. The van der Waals surface area contributed by atoms with Crippen LogP contribution in [0.1, 0.15) is 18.9 Å². The van der Waals surface area contributed by atoms with Crippen LogP contribution in [0.25, 0.3) is 0 Å². The van der Waals surface area contributed by atoms with Gasteiger partial charge in [0.2, 0.25) is 0 Å². The van der Waals surface area contributed by atoms with E-state index in [2.05, 4.69) is 28.7 Å². The molecule has 0 bridgehead atoms. The topological polar surface area (TPSA) is 49.8 Å². The summed E-state index contributed by atoms with van der Waals surface area (Å²) in [7, 11) is 0. The van der Waals surface area contributed by atoms with Crippen molar-refractivity contribution in [3.63, 3.8) is 0 Å². The minimum absolute atomic E-state index is 0.00218. The Morgan fingerprint density at radius 3 is 3.06 bits per heavy atom. The highest BCUT2D eigenvalue weighted by molar-refractivity contribution is 7.07. The number of ether oxygens (including phenoxy) is 1. The molecule has 0 amide bonds. The smallest absolute Gasteiger partial charge is 0.310 e. The van der Waals surface area contributed by atoms with E-state index < -0.39 is 11.9 Å². The quantitative estimate of drug-likeness (QED) is 0.859. The van der Waals surface area contributed by atoms with Gasteiger partial charge in [0.05, 0.1) is 19.1 Å². The van der Waals surface area contributed by atoms with Crippen molar-refractivity contribution < 1.29 is 14.6 Å². The van der Waals surface area contributed by atoms with Crippen LogP contribution in [0.5, 0.6) is 0 Å². The molecule has 100 valence electrons. The maximum absolute atomic E-state index is 11.2. The largest absolute Gasteiger partial charge is 0.481 e. The van der Waals surface area contributed by atoms with Gasteiger partial charge in [-0.05, 0) is 35.4 Å². The molecule has 4 nitrogen and oxygen atoms in total. The monoisotopic (exact) mass is 269 g/mol. The number of carboxylic acids is 1. The number of thiophene rings is 1. The summed E-state index contributed by atoms with van der Waals surface area (Å²) in [6, 6.07) is 2.10. The number of hydrogen-bond acceptors (Lipinski definition) is 4. The fourth-order valence-electron chi connectivity index (χ4n) is 2.41. The van der Waals surface area contributed by atoms with E-state index in [-0.39, 0.29) is 6.04 Å². The number of aliphatic carboxylic acids is 1. The molecule has 0 radical (unpaired) electrons. The molecule has 1 saturated heterocycles. The maximum atomic E-state index is 11.2. The Morgan fingerprint density at radius 2 is 2.44 bits per heavy atom. The van der Waals surface area contributed by atoms with Gasteiger partial charge in [0, 0.05) is 12.6 Å². The fraction of sp³-hybridized carbons (Fsp3) is 0.615. The van der Waals surface area contributed by atoms with Crippen molar-refractivity contribution in [2.24, 2.45) is 5.92 Å². The SMILES string of the molecule is CCCN(Cc1ccsc1)C1COCC1C(=O)O. The highest BCUT2D eigenvalue weighted by Gasteiger charge is 2.37. The zero-order chi connectivity index (χ0) is 13.0. The Labute approximate surface area is 111 Å². The fourth-order valence-corrected chi connectivity index (χ4v) is 3.07. The van der Waals surface area contributed by atoms with Crippen LogP contribution in [0.2, 0.25) is 0 Å². The van der Waals surface area contributed by atoms with Gasteiger partial charge < -0.3 is 9.84 Å². The van der Waals surface area contributed by atoms with E-state index in [1.54, 1.807) is 11.3 Å². The van der Waals surface area contributed by atoms with E-state index in [0.717, 1.165) is 19.5 Å². The van der Waals surface area contributed by atoms with E-state index >= 15 is 0 Å². The summed E-state index contributed by atoms with van der Waals surface area (Å²) >= 11 is 1.68. The lowest BCUT2D eigenvalue weighted by Gasteiger charge is -2.29. The molecule has 1 aromatic rings. The average molecular weight is 269 g/mol. The van der Waals surface area contributed by atoms with Gasteiger partial charge in [-0.15, -0.1) is 0 Å². The number of carboxylic acid groups (broad SMARTS) is 1. The number of carbonyl (C=O) groups is 1. The molecule has 1 aromatic heterocycles. The first-order valence-electron chi connectivity index (χ1n) is 6.28. The average Bonchev–Trinajstić information content (AvgIpc) is 2.99. The molecule has 18 heavy (non-hydrogen) atoms. The molecule has 0 spiro atoms. The van der Waals surface area contributed by atoms with Crippen molar-refractivity contribution in [2.45, 2.75) is 25.9 Å². The second kappa shape index (κ2) is 6.31. The van der Waals surface area contributed by atoms with Crippen molar-refractivity contribution in [1.82, 2.24) is 4.90 Å². The molecule has 1 N–H and O–H groups in total. The summed E-state index contributed by atoms with van der Waals surface area (Å²) < 4.78 is 5.36. The van der Waals surface area contributed by atoms with Gasteiger partial charge in [-0.25, -0.2) is 0 Å². The van der Waals surface area contributed by atoms with Gasteiger partial charge in [0.1, 0.15) is 0 Å². The molecular formula is C13H19NO3S. The van der Waals surface area contributed by atoms with E-state index in [4.69, 9.17) is 4.74 Å². The summed E-state index contributed by atoms with van der Waals surface area (Å²) in [6.45, 7) is 4.71. The Balaban J connectivity index is 2.06. The van der Waals surface area contributed by atoms with Crippen LogP contribution in [0.3, 0.4) is 0 Å². The van der Waals surface area contributed by atoms with Crippen LogP contribution in [0, 0.1) is 5.92 Å². The molecule has 5 heteroatoms. The normalized spacial score (nSPS) is 23.7. The van der Waals surface area contributed by atoms with E-state index in [1.807, 2.05) is 0 Å². The van der Waals surface area contributed by atoms with Gasteiger partial charge in [-0.1, -0.05) is 6.92 Å². The van der Waals surface area contributed by atoms with Gasteiger partial charge in [0.15, 0.2) is 0 Å². The third-order valence-corrected chi connectivity index (χ3v) is 4.05. The highest BCUT2D eigenvalue weighted by Crippen LogP contribution is 2.23. The van der Waals surface area contributed by atoms with Crippen LogP contribution in [-0.2, 0) is 16.1 Å². The lowest BCUT2D eigenvalue weighted by atomic mass is 10.0. The van der Waals surface area contributed by atoms with Crippen LogP contribution in [0.15, 0.2) is 16.8 Å². The summed E-state index contributed by atoms with van der Waals surface area (Å²) in [4.78, 5) is 13.5. The summed E-state index contributed by atoms with van der Waals surface area (Å²) in [5.74, 6) is -1.14. The van der Waals surface area contributed by atoms with Crippen LogP contribution < -0.4 is 0 Å². The zero-order valence-electron chi connectivity index (χ0n) is 10.5. The van der Waals surface area contributed by atoms with Crippen LogP contribution in [-0.4, -0.2) is 41.8 Å². The molecule has 2 atom stereocenters. The van der Waals surface area contributed by atoms with Crippen LogP contribution in [0.4, 0.5) is 0 Å². The molecule has 0 aromatic carbocycles. The predicted molar refractivity (Wildman–Crippen MR) is 70.8 cm³/mol. The summed E-state index contributed by atoms with van der Waals surface area (Å²) in [6.07, 6.45) is 1.02. The molecular weight excluding hydrogens is 250 g/mol. The molecule has 0 aliphatic carbocycles. The first kappa shape index (κ1) is 13.5. The number of hydrogen-bond donors (Lipinski definition) is 1.